The summed E-state index contributed by atoms with van der Waals surface area (Å²) in [6.45, 7) is 4.89. The minimum Gasteiger partial charge on any atom is -0.493 e. The Morgan fingerprint density at radius 3 is 2.31 bits per heavy atom. The zero-order chi connectivity index (χ0) is 19.8. The Kier molecular flexibility index (Phi) is 13.7. The fraction of sp³-hybridized carbons (Fsp3) is 0.318. The second kappa shape index (κ2) is 15.0. The Labute approximate surface area is 166 Å². The van der Waals surface area contributed by atoms with Crippen molar-refractivity contribution in [2.75, 3.05) is 6.61 Å². The molecule has 26 heavy (non-hydrogen) atoms. The number of ether oxygens (including phenoxy) is 1. The average molecular weight is 418 g/mol. The number of primary amides is 1. The number of nitrogens with two attached hydrogens (primary N) is 1. The van der Waals surface area contributed by atoms with Gasteiger partial charge in [-0.25, -0.2) is 0 Å². The third kappa shape index (κ3) is 9.90. The molecule has 140 valence electrons. The van der Waals surface area contributed by atoms with Gasteiger partial charge in [0.1, 0.15) is 5.75 Å². The van der Waals surface area contributed by atoms with E-state index in [1.807, 2.05) is 50.2 Å². The fourth-order valence-electron chi connectivity index (χ4n) is 2.21. The summed E-state index contributed by atoms with van der Waals surface area (Å²) >= 11 is 3.33. The topological polar surface area (TPSA) is 52.3 Å². The number of para-hydroxylation sites is 1. The van der Waals surface area contributed by atoms with Gasteiger partial charge in [0.2, 0.25) is 5.91 Å². The highest BCUT2D eigenvalue weighted by Crippen LogP contribution is 2.23. The molecule has 0 fully saturated rings. The Bertz CT molecular complexity index is 626. The SMILES string of the molecule is C#C.CC.NC(=O)CCc1ccc(Br)cc1.c1ccc2c(c1)CCCO2. The van der Waals surface area contributed by atoms with Gasteiger partial charge in [-0.15, -0.1) is 12.8 Å². The van der Waals surface area contributed by atoms with Gasteiger partial charge in [0.05, 0.1) is 6.61 Å². The van der Waals surface area contributed by atoms with Crippen LogP contribution in [0.1, 0.15) is 37.8 Å². The standard InChI is InChI=1S/C9H10BrNO.C9H10O.C2H6.C2H2/c10-8-4-1-7(2-5-8)3-6-9(11)12;1-2-6-9-8(4-1)5-3-7-10-9;2*1-2/h1-2,4-5H,3,6H2,(H2,11,12);1-2,4,6H,3,5,7H2;1-2H3;1-2H. The van der Waals surface area contributed by atoms with Crippen LogP contribution in [0, 0.1) is 12.8 Å². The third-order valence-electron chi connectivity index (χ3n) is 3.39. The van der Waals surface area contributed by atoms with Crippen LogP contribution in [0.4, 0.5) is 0 Å². The lowest BCUT2D eigenvalue weighted by molar-refractivity contribution is -0.117. The molecule has 0 spiro atoms. The average Bonchev–Trinajstić information content (AvgIpc) is 2.71. The number of carbonyl (C=O) groups excluding carboxylic acids is 1. The van der Waals surface area contributed by atoms with Crippen LogP contribution in [0.15, 0.2) is 53.0 Å². The van der Waals surface area contributed by atoms with E-state index in [9.17, 15) is 4.79 Å². The summed E-state index contributed by atoms with van der Waals surface area (Å²) in [5.41, 5.74) is 7.51. The smallest absolute Gasteiger partial charge is 0.217 e. The number of halogens is 1. The van der Waals surface area contributed by atoms with Crippen molar-refractivity contribution < 1.29 is 9.53 Å². The first-order valence-corrected chi connectivity index (χ1v) is 9.51. The molecule has 1 heterocycles. The van der Waals surface area contributed by atoms with Crippen molar-refractivity contribution in [2.45, 2.75) is 39.5 Å². The summed E-state index contributed by atoms with van der Waals surface area (Å²) in [6.07, 6.45) is 11.5. The number of terminal acetylenes is 1. The molecule has 2 aromatic carbocycles. The van der Waals surface area contributed by atoms with E-state index in [-0.39, 0.29) is 5.91 Å². The maximum Gasteiger partial charge on any atom is 0.217 e. The van der Waals surface area contributed by atoms with E-state index in [4.69, 9.17) is 10.5 Å². The molecule has 0 saturated carbocycles. The van der Waals surface area contributed by atoms with Gasteiger partial charge in [-0.2, -0.15) is 0 Å². The largest absolute Gasteiger partial charge is 0.493 e. The Hall–Kier alpha value is -2.25. The van der Waals surface area contributed by atoms with E-state index in [0.717, 1.165) is 35.2 Å². The first kappa shape index (κ1) is 23.8. The van der Waals surface area contributed by atoms with Crippen LogP contribution >= 0.6 is 15.9 Å². The molecule has 1 amide bonds. The van der Waals surface area contributed by atoms with Crippen LogP contribution < -0.4 is 10.5 Å². The summed E-state index contributed by atoms with van der Waals surface area (Å²) < 4.78 is 6.47. The first-order chi connectivity index (χ1) is 12.6. The van der Waals surface area contributed by atoms with Crippen molar-refractivity contribution in [1.82, 2.24) is 0 Å². The normalized spacial score (nSPS) is 10.8. The number of hydrogen-bond acceptors (Lipinski definition) is 2. The van der Waals surface area contributed by atoms with E-state index in [1.54, 1.807) is 0 Å². The monoisotopic (exact) mass is 417 g/mol. The number of aryl methyl sites for hydroxylation is 2. The van der Waals surface area contributed by atoms with Gasteiger partial charge in [0.25, 0.3) is 0 Å². The van der Waals surface area contributed by atoms with Crippen LogP contribution in [0.5, 0.6) is 5.75 Å². The number of hydrogen-bond donors (Lipinski definition) is 1. The van der Waals surface area contributed by atoms with E-state index in [1.165, 1.54) is 12.0 Å². The molecule has 3 rings (SSSR count). The number of fused-ring (bicyclic) bond motifs is 1. The van der Waals surface area contributed by atoms with Crippen LogP contribution in [0.3, 0.4) is 0 Å². The summed E-state index contributed by atoms with van der Waals surface area (Å²) in [7, 11) is 0. The molecule has 4 heteroatoms. The highest BCUT2D eigenvalue weighted by atomic mass is 79.9. The second-order valence-electron chi connectivity index (χ2n) is 5.15. The predicted octanol–water partition coefficient (Wildman–Crippen LogP) is 5.15. The van der Waals surface area contributed by atoms with Crippen LogP contribution in [0.2, 0.25) is 0 Å². The van der Waals surface area contributed by atoms with Crippen molar-refractivity contribution in [3.8, 4) is 18.6 Å². The van der Waals surface area contributed by atoms with Gasteiger partial charge in [-0.1, -0.05) is 60.1 Å². The van der Waals surface area contributed by atoms with E-state index < -0.39 is 0 Å². The molecular formula is C22H28BrNO2. The minimum absolute atomic E-state index is 0.252. The third-order valence-corrected chi connectivity index (χ3v) is 3.92. The summed E-state index contributed by atoms with van der Waals surface area (Å²) in [5.74, 6) is 0.826. The molecule has 0 radical (unpaired) electrons. The Balaban J connectivity index is 0.000000407. The molecule has 2 N–H and O–H groups in total. The van der Waals surface area contributed by atoms with Crippen LogP contribution in [-0.4, -0.2) is 12.5 Å². The number of carbonyl (C=O) groups is 1. The van der Waals surface area contributed by atoms with Gasteiger partial charge in [-0.3, -0.25) is 4.79 Å². The number of rotatable bonds is 3. The van der Waals surface area contributed by atoms with Crippen molar-refractivity contribution in [3.63, 3.8) is 0 Å². The number of benzene rings is 2. The quantitative estimate of drug-likeness (QED) is 0.701. The lowest BCUT2D eigenvalue weighted by atomic mass is 10.1. The van der Waals surface area contributed by atoms with Crippen molar-refractivity contribution in [2.24, 2.45) is 5.73 Å². The molecule has 0 saturated heterocycles. The van der Waals surface area contributed by atoms with Gasteiger partial charge < -0.3 is 10.5 Å². The summed E-state index contributed by atoms with van der Waals surface area (Å²) in [4.78, 5) is 10.5. The molecule has 1 aliphatic rings. The molecule has 0 aromatic heterocycles. The molecular weight excluding hydrogens is 390 g/mol. The zero-order valence-corrected chi connectivity index (χ0v) is 17.2. The van der Waals surface area contributed by atoms with Crippen LogP contribution in [-0.2, 0) is 17.6 Å². The highest BCUT2D eigenvalue weighted by Gasteiger charge is 2.06. The lowest BCUT2D eigenvalue weighted by Crippen LogP contribution is -2.11. The maximum atomic E-state index is 10.5. The maximum absolute atomic E-state index is 10.5. The Morgan fingerprint density at radius 1 is 1.12 bits per heavy atom. The first-order valence-electron chi connectivity index (χ1n) is 8.72. The molecule has 0 unspecified atom stereocenters. The van der Waals surface area contributed by atoms with Gasteiger partial charge in [-0.05, 0) is 48.6 Å². The van der Waals surface area contributed by atoms with E-state index in [0.29, 0.717) is 6.42 Å². The molecule has 0 bridgehead atoms. The van der Waals surface area contributed by atoms with Gasteiger partial charge in [0.15, 0.2) is 0 Å². The van der Waals surface area contributed by atoms with Crippen LogP contribution in [0.25, 0.3) is 0 Å². The fourth-order valence-corrected chi connectivity index (χ4v) is 2.48. The summed E-state index contributed by atoms with van der Waals surface area (Å²) in [6, 6.07) is 16.1. The van der Waals surface area contributed by atoms with Gasteiger partial charge >= 0.3 is 0 Å². The zero-order valence-electron chi connectivity index (χ0n) is 15.6. The molecule has 1 aliphatic heterocycles. The van der Waals surface area contributed by atoms with E-state index >= 15 is 0 Å². The molecule has 0 atom stereocenters. The van der Waals surface area contributed by atoms with Crippen molar-refractivity contribution in [1.29, 1.82) is 0 Å². The van der Waals surface area contributed by atoms with E-state index in [2.05, 4.69) is 40.9 Å². The molecule has 2 aromatic rings. The van der Waals surface area contributed by atoms with Gasteiger partial charge in [0, 0.05) is 10.9 Å². The van der Waals surface area contributed by atoms with Crippen molar-refractivity contribution in [3.05, 3.63) is 64.1 Å². The minimum atomic E-state index is -0.252. The summed E-state index contributed by atoms with van der Waals surface area (Å²) in [5, 5.41) is 0. The Morgan fingerprint density at radius 2 is 1.73 bits per heavy atom. The predicted molar refractivity (Wildman–Crippen MR) is 113 cm³/mol. The second-order valence-corrected chi connectivity index (χ2v) is 6.07. The molecule has 3 nitrogen and oxygen atoms in total. The molecule has 0 aliphatic carbocycles. The van der Waals surface area contributed by atoms with Crippen molar-refractivity contribution >= 4 is 21.8 Å². The number of amides is 1. The highest BCUT2D eigenvalue weighted by molar-refractivity contribution is 9.10. The lowest BCUT2D eigenvalue weighted by Gasteiger charge is -2.15.